The summed E-state index contributed by atoms with van der Waals surface area (Å²) in [6.45, 7) is 7.52. The van der Waals surface area contributed by atoms with Crippen molar-refractivity contribution in [2.75, 3.05) is 5.75 Å². The van der Waals surface area contributed by atoms with E-state index in [-0.39, 0.29) is 17.1 Å². The Hall–Kier alpha value is -1.12. The van der Waals surface area contributed by atoms with E-state index in [1.54, 1.807) is 0 Å². The number of hydrogen-bond acceptors (Lipinski definition) is 4. The zero-order chi connectivity index (χ0) is 18.3. The van der Waals surface area contributed by atoms with Gasteiger partial charge in [-0.1, -0.05) is 6.08 Å². The fourth-order valence-electron chi connectivity index (χ4n) is 2.23. The molecule has 0 aliphatic carbocycles. The fraction of sp³-hybridized carbons (Fsp3) is 0.500. The second kappa shape index (κ2) is 6.31. The molecular formula is C16H20BF3O3S. The van der Waals surface area contributed by atoms with E-state index in [9.17, 15) is 18.3 Å². The zero-order valence-electron chi connectivity index (χ0n) is 13.9. The minimum absolute atomic E-state index is 0.0450. The van der Waals surface area contributed by atoms with Crippen molar-refractivity contribution in [1.29, 1.82) is 0 Å². The van der Waals surface area contributed by atoms with Gasteiger partial charge in [0.2, 0.25) is 0 Å². The number of phenols is 1. The van der Waals surface area contributed by atoms with E-state index in [1.807, 2.05) is 27.7 Å². The SMILES string of the molecule is CC1(C)OB(C(=Cc2cc(C(F)(F)F)ccc2O)CS)OC1(C)C. The molecule has 1 aliphatic rings. The van der Waals surface area contributed by atoms with Gasteiger partial charge in [-0.2, -0.15) is 25.8 Å². The molecule has 0 radical (unpaired) electrons. The van der Waals surface area contributed by atoms with Crippen LogP contribution in [-0.2, 0) is 15.5 Å². The van der Waals surface area contributed by atoms with E-state index >= 15 is 0 Å². The number of aromatic hydroxyl groups is 1. The van der Waals surface area contributed by atoms with Crippen LogP contribution in [-0.4, -0.2) is 29.2 Å². The highest BCUT2D eigenvalue weighted by molar-refractivity contribution is 7.80. The third-order valence-electron chi connectivity index (χ3n) is 4.43. The van der Waals surface area contributed by atoms with Crippen LogP contribution in [0.25, 0.3) is 6.08 Å². The van der Waals surface area contributed by atoms with Crippen LogP contribution in [0.3, 0.4) is 0 Å². The van der Waals surface area contributed by atoms with Gasteiger partial charge in [-0.05, 0) is 51.4 Å². The van der Waals surface area contributed by atoms with Crippen molar-refractivity contribution in [3.05, 3.63) is 34.8 Å². The van der Waals surface area contributed by atoms with Crippen LogP contribution >= 0.6 is 12.6 Å². The maximum Gasteiger partial charge on any atom is 0.491 e. The van der Waals surface area contributed by atoms with E-state index in [0.717, 1.165) is 18.2 Å². The Morgan fingerprint density at radius 3 is 2.21 bits per heavy atom. The zero-order valence-corrected chi connectivity index (χ0v) is 14.8. The number of halogens is 3. The van der Waals surface area contributed by atoms with Gasteiger partial charge < -0.3 is 14.4 Å². The average Bonchev–Trinajstić information content (AvgIpc) is 2.65. The third kappa shape index (κ3) is 3.76. The fourth-order valence-corrected chi connectivity index (χ4v) is 2.47. The first-order chi connectivity index (χ1) is 10.9. The summed E-state index contributed by atoms with van der Waals surface area (Å²) in [5.41, 5.74) is -1.40. The Morgan fingerprint density at radius 1 is 1.21 bits per heavy atom. The van der Waals surface area contributed by atoms with Crippen molar-refractivity contribution in [2.24, 2.45) is 0 Å². The molecule has 1 aromatic carbocycles. The molecule has 1 saturated heterocycles. The van der Waals surface area contributed by atoms with E-state index in [2.05, 4.69) is 12.6 Å². The summed E-state index contributed by atoms with van der Waals surface area (Å²) in [4.78, 5) is 0. The van der Waals surface area contributed by atoms with E-state index in [4.69, 9.17) is 9.31 Å². The molecule has 24 heavy (non-hydrogen) atoms. The number of rotatable bonds is 3. The number of hydrogen-bond donors (Lipinski definition) is 2. The Bertz CT molecular complexity index is 640. The Balaban J connectivity index is 2.39. The van der Waals surface area contributed by atoms with Crippen LogP contribution in [0.5, 0.6) is 5.75 Å². The first-order valence-electron chi connectivity index (χ1n) is 7.44. The Morgan fingerprint density at radius 2 is 1.75 bits per heavy atom. The van der Waals surface area contributed by atoms with Gasteiger partial charge in [0.15, 0.2) is 0 Å². The van der Waals surface area contributed by atoms with E-state index < -0.39 is 30.1 Å². The summed E-state index contributed by atoms with van der Waals surface area (Å²) < 4.78 is 50.3. The molecule has 8 heteroatoms. The van der Waals surface area contributed by atoms with Crippen molar-refractivity contribution in [3.8, 4) is 5.75 Å². The van der Waals surface area contributed by atoms with Crippen molar-refractivity contribution < 1.29 is 27.6 Å². The summed E-state index contributed by atoms with van der Waals surface area (Å²) in [7, 11) is -0.735. The highest BCUT2D eigenvalue weighted by atomic mass is 32.1. The van der Waals surface area contributed by atoms with Gasteiger partial charge in [-0.25, -0.2) is 0 Å². The molecule has 0 unspecified atom stereocenters. The molecule has 2 rings (SSSR count). The molecular weight excluding hydrogens is 340 g/mol. The average molecular weight is 360 g/mol. The van der Waals surface area contributed by atoms with Crippen LogP contribution in [0.15, 0.2) is 23.7 Å². The van der Waals surface area contributed by atoms with Crippen molar-refractivity contribution in [1.82, 2.24) is 0 Å². The quantitative estimate of drug-likeness (QED) is 0.622. The first kappa shape index (κ1) is 19.2. The maximum absolute atomic E-state index is 12.9. The lowest BCUT2D eigenvalue weighted by molar-refractivity contribution is -0.137. The molecule has 3 nitrogen and oxygen atoms in total. The third-order valence-corrected chi connectivity index (χ3v) is 4.80. The number of alkyl halides is 3. The Labute approximate surface area is 145 Å². The predicted octanol–water partition coefficient (Wildman–Crippen LogP) is 4.36. The molecule has 1 heterocycles. The van der Waals surface area contributed by atoms with Crippen LogP contribution in [0, 0.1) is 0 Å². The molecule has 0 saturated carbocycles. The molecule has 0 aromatic heterocycles. The van der Waals surface area contributed by atoms with Gasteiger partial charge in [0.25, 0.3) is 0 Å². The minimum Gasteiger partial charge on any atom is -0.507 e. The molecule has 1 aliphatic heterocycles. The van der Waals surface area contributed by atoms with Crippen LogP contribution in [0.4, 0.5) is 13.2 Å². The molecule has 132 valence electrons. The van der Waals surface area contributed by atoms with Gasteiger partial charge in [0.1, 0.15) is 5.75 Å². The van der Waals surface area contributed by atoms with Crippen molar-refractivity contribution in [3.63, 3.8) is 0 Å². The van der Waals surface area contributed by atoms with Gasteiger partial charge in [0, 0.05) is 11.3 Å². The monoisotopic (exact) mass is 360 g/mol. The summed E-state index contributed by atoms with van der Waals surface area (Å²) in [5.74, 6) is -0.0363. The van der Waals surface area contributed by atoms with Gasteiger partial charge in [0.05, 0.1) is 16.8 Å². The molecule has 0 spiro atoms. The number of phenolic OH excluding ortho intramolecular Hbond substituents is 1. The van der Waals surface area contributed by atoms with E-state index in [0.29, 0.717) is 5.47 Å². The van der Waals surface area contributed by atoms with Gasteiger partial charge in [-0.3, -0.25) is 0 Å². The molecule has 1 aromatic rings. The lowest BCUT2D eigenvalue weighted by Crippen LogP contribution is -2.41. The van der Waals surface area contributed by atoms with Gasteiger partial charge in [-0.15, -0.1) is 0 Å². The highest BCUT2D eigenvalue weighted by Gasteiger charge is 2.52. The number of benzene rings is 1. The van der Waals surface area contributed by atoms with Crippen LogP contribution < -0.4 is 0 Å². The van der Waals surface area contributed by atoms with Crippen molar-refractivity contribution >= 4 is 25.8 Å². The lowest BCUT2D eigenvalue weighted by Gasteiger charge is -2.32. The standard InChI is InChI=1S/C16H20BF3O3S/c1-14(2)15(3,4)23-17(22-14)12(9-24)8-10-7-11(16(18,19)20)5-6-13(10)21/h5-8,21,24H,9H2,1-4H3. The lowest BCUT2D eigenvalue weighted by atomic mass is 9.78. The van der Waals surface area contributed by atoms with Crippen LogP contribution in [0.2, 0.25) is 0 Å². The molecule has 0 amide bonds. The Kier molecular flexibility index (Phi) is 5.05. The summed E-state index contributed by atoms with van der Waals surface area (Å²) in [6, 6.07) is 2.75. The highest BCUT2D eigenvalue weighted by Crippen LogP contribution is 2.39. The second-order valence-electron chi connectivity index (χ2n) is 6.74. The van der Waals surface area contributed by atoms with Gasteiger partial charge >= 0.3 is 13.3 Å². The van der Waals surface area contributed by atoms with Crippen LogP contribution in [0.1, 0.15) is 38.8 Å². The largest absolute Gasteiger partial charge is 0.507 e. The molecule has 1 fully saturated rings. The van der Waals surface area contributed by atoms with E-state index in [1.165, 1.54) is 6.08 Å². The maximum atomic E-state index is 12.9. The normalized spacial score (nSPS) is 20.5. The minimum atomic E-state index is -4.48. The molecule has 0 atom stereocenters. The smallest absolute Gasteiger partial charge is 0.491 e. The first-order valence-corrected chi connectivity index (χ1v) is 8.08. The summed E-state index contributed by atoms with van der Waals surface area (Å²) in [6.07, 6.45) is -3.05. The molecule has 1 N–H and O–H groups in total. The topological polar surface area (TPSA) is 38.7 Å². The number of thiol groups is 1. The summed E-state index contributed by atoms with van der Waals surface area (Å²) >= 11 is 4.22. The summed E-state index contributed by atoms with van der Waals surface area (Å²) in [5, 5.41) is 9.87. The predicted molar refractivity (Wildman–Crippen MR) is 91.0 cm³/mol. The molecule has 0 bridgehead atoms. The second-order valence-corrected chi connectivity index (χ2v) is 7.05. The van der Waals surface area contributed by atoms with Crippen molar-refractivity contribution in [2.45, 2.75) is 45.1 Å².